The van der Waals surface area contributed by atoms with Gasteiger partial charge in [-0.15, -0.1) is 0 Å². The first-order valence-corrected chi connectivity index (χ1v) is 10.6. The van der Waals surface area contributed by atoms with Gasteiger partial charge in [-0.05, 0) is 79.8 Å². The lowest BCUT2D eigenvalue weighted by molar-refractivity contribution is -0.0784. The average Bonchev–Trinajstić information content (AvgIpc) is 3.00. The first kappa shape index (κ1) is 17.5. The number of aliphatic hydroxyl groups excluding tert-OH is 1. The molecule has 0 bridgehead atoms. The predicted octanol–water partition coefficient (Wildman–Crippen LogP) is 4.96. The maximum atomic E-state index is 11.4. The lowest BCUT2D eigenvalue weighted by atomic mass is 9.46. The van der Waals surface area contributed by atoms with Crippen LogP contribution in [-0.2, 0) is 0 Å². The number of hydrogen-bond acceptors (Lipinski definition) is 3. The lowest BCUT2D eigenvalue weighted by Gasteiger charge is -2.59. The molecule has 4 aliphatic rings. The molecule has 3 saturated carbocycles. The third-order valence-corrected chi connectivity index (χ3v) is 8.69. The molecule has 1 aromatic heterocycles. The summed E-state index contributed by atoms with van der Waals surface area (Å²) in [5, 5.41) is 10.2. The molecule has 0 spiro atoms. The van der Waals surface area contributed by atoms with Gasteiger partial charge in [-0.25, -0.2) is 4.79 Å². The minimum Gasteiger partial charge on any atom is -0.431 e. The van der Waals surface area contributed by atoms with Gasteiger partial charge in [-0.1, -0.05) is 31.6 Å². The fourth-order valence-corrected chi connectivity index (χ4v) is 7.16. The fraction of sp³-hybridized carbons (Fsp3) is 0.625. The van der Waals surface area contributed by atoms with Crippen molar-refractivity contribution in [3.63, 3.8) is 0 Å². The maximum absolute atomic E-state index is 11.4. The van der Waals surface area contributed by atoms with Crippen LogP contribution in [-0.4, -0.2) is 11.2 Å². The van der Waals surface area contributed by atoms with Crippen molar-refractivity contribution in [1.82, 2.24) is 0 Å². The maximum Gasteiger partial charge on any atom is 0.335 e. The van der Waals surface area contributed by atoms with Crippen molar-refractivity contribution in [2.45, 2.75) is 64.9 Å². The van der Waals surface area contributed by atoms with Crippen LogP contribution in [0.15, 0.2) is 45.3 Å². The highest BCUT2D eigenvalue weighted by Crippen LogP contribution is 2.66. The Morgan fingerprint density at radius 1 is 1.07 bits per heavy atom. The van der Waals surface area contributed by atoms with Gasteiger partial charge >= 0.3 is 5.63 Å². The van der Waals surface area contributed by atoms with Gasteiger partial charge < -0.3 is 9.52 Å². The number of allylic oxidation sites excluding steroid dienone is 4. The highest BCUT2D eigenvalue weighted by atomic mass is 16.4. The van der Waals surface area contributed by atoms with E-state index in [0.29, 0.717) is 17.3 Å². The molecular weight excluding hydrogens is 336 g/mol. The van der Waals surface area contributed by atoms with E-state index in [9.17, 15) is 9.90 Å². The van der Waals surface area contributed by atoms with Crippen LogP contribution in [0.4, 0.5) is 0 Å². The van der Waals surface area contributed by atoms with Gasteiger partial charge in [0, 0.05) is 17.0 Å². The van der Waals surface area contributed by atoms with Crippen LogP contribution in [0.3, 0.4) is 0 Å². The van der Waals surface area contributed by atoms with Gasteiger partial charge in [-0.3, -0.25) is 0 Å². The van der Waals surface area contributed by atoms with Crippen LogP contribution in [0.2, 0.25) is 0 Å². The minimum atomic E-state index is -0.287. The molecular formula is C24H30O3. The fourth-order valence-electron chi connectivity index (χ4n) is 7.16. The second-order valence-electron chi connectivity index (χ2n) is 9.84. The van der Waals surface area contributed by atoms with Crippen molar-refractivity contribution >= 4 is 5.57 Å². The minimum absolute atomic E-state index is 0.0679. The molecule has 5 rings (SSSR count). The Hall–Kier alpha value is -1.61. The van der Waals surface area contributed by atoms with Crippen LogP contribution in [0.5, 0.6) is 0 Å². The lowest BCUT2D eigenvalue weighted by Crippen LogP contribution is -2.51. The standard InChI is InChI=1S/C24H30O3/c1-23-11-9-17(25)13-16(23)4-5-18-20-7-6-19(15-3-8-22(26)27-14-15)24(20,2)12-10-21(18)23/h3,6-8,14,16-18,21,25H,4-5,9-13H2,1-2H3/t16-,17+,18+,21+,23+,24-/m1/s1. The summed E-state index contributed by atoms with van der Waals surface area (Å²) in [4.78, 5) is 11.4. The van der Waals surface area contributed by atoms with Gasteiger partial charge in [-0.2, -0.15) is 0 Å². The highest BCUT2D eigenvalue weighted by Gasteiger charge is 2.56. The molecule has 1 N–H and O–H groups in total. The molecule has 0 aliphatic heterocycles. The zero-order chi connectivity index (χ0) is 18.8. The van der Waals surface area contributed by atoms with E-state index in [1.165, 1.54) is 37.3 Å². The van der Waals surface area contributed by atoms with Gasteiger partial charge in [0.05, 0.1) is 6.10 Å². The second-order valence-corrected chi connectivity index (χ2v) is 9.84. The molecule has 1 aromatic rings. The Kier molecular flexibility index (Phi) is 3.85. The number of hydrogen-bond donors (Lipinski definition) is 1. The first-order valence-electron chi connectivity index (χ1n) is 10.6. The summed E-state index contributed by atoms with van der Waals surface area (Å²) in [7, 11) is 0. The Bertz CT molecular complexity index is 857. The van der Waals surface area contributed by atoms with Gasteiger partial charge in [0.15, 0.2) is 0 Å². The summed E-state index contributed by atoms with van der Waals surface area (Å²) in [6.07, 6.45) is 14.3. The summed E-state index contributed by atoms with van der Waals surface area (Å²) < 4.78 is 5.16. The van der Waals surface area contributed by atoms with Crippen molar-refractivity contribution in [2.24, 2.45) is 28.6 Å². The SMILES string of the molecule is C[C@]12CC[C@H]3[C@@H](CC[C@@H]4C[C@@H](O)CC[C@@]43C)C1=CC=C2c1ccc(=O)oc1. The molecule has 3 nitrogen and oxygen atoms in total. The molecule has 0 saturated heterocycles. The van der Waals surface area contributed by atoms with E-state index in [1.807, 2.05) is 6.07 Å². The van der Waals surface area contributed by atoms with E-state index in [2.05, 4.69) is 26.0 Å². The summed E-state index contributed by atoms with van der Waals surface area (Å²) in [6.45, 7) is 4.90. The molecule has 0 aromatic carbocycles. The van der Waals surface area contributed by atoms with Crippen molar-refractivity contribution in [2.75, 3.05) is 0 Å². The Morgan fingerprint density at radius 3 is 2.70 bits per heavy atom. The van der Waals surface area contributed by atoms with E-state index < -0.39 is 0 Å². The third-order valence-electron chi connectivity index (χ3n) is 8.69. The summed E-state index contributed by atoms with van der Waals surface area (Å²) >= 11 is 0. The van der Waals surface area contributed by atoms with Gasteiger partial charge in [0.25, 0.3) is 0 Å². The number of fused-ring (bicyclic) bond motifs is 5. The van der Waals surface area contributed by atoms with E-state index in [4.69, 9.17) is 4.42 Å². The molecule has 27 heavy (non-hydrogen) atoms. The van der Waals surface area contributed by atoms with E-state index in [0.717, 1.165) is 30.7 Å². The van der Waals surface area contributed by atoms with E-state index in [-0.39, 0.29) is 17.1 Å². The van der Waals surface area contributed by atoms with Gasteiger partial charge in [0.2, 0.25) is 0 Å². The monoisotopic (exact) mass is 366 g/mol. The second kappa shape index (κ2) is 5.94. The van der Waals surface area contributed by atoms with Crippen LogP contribution in [0.25, 0.3) is 5.57 Å². The zero-order valence-corrected chi connectivity index (χ0v) is 16.4. The normalized spacial score (nSPS) is 43.2. The molecule has 0 radical (unpaired) electrons. The number of rotatable bonds is 1. The highest BCUT2D eigenvalue weighted by molar-refractivity contribution is 5.78. The van der Waals surface area contributed by atoms with Crippen LogP contribution in [0, 0.1) is 28.6 Å². The smallest absolute Gasteiger partial charge is 0.335 e. The quantitative estimate of drug-likeness (QED) is 0.764. The first-order chi connectivity index (χ1) is 12.9. The van der Waals surface area contributed by atoms with Crippen LogP contribution < -0.4 is 5.63 Å². The summed E-state index contributed by atoms with van der Waals surface area (Å²) in [6, 6.07) is 3.44. The molecule has 0 unspecified atom stereocenters. The van der Waals surface area contributed by atoms with E-state index >= 15 is 0 Å². The van der Waals surface area contributed by atoms with Crippen molar-refractivity contribution in [3.8, 4) is 0 Å². The number of aliphatic hydroxyl groups is 1. The summed E-state index contributed by atoms with van der Waals surface area (Å²) in [5.41, 5.74) is 4.12. The Balaban J connectivity index is 1.46. The van der Waals surface area contributed by atoms with Crippen molar-refractivity contribution in [1.29, 1.82) is 0 Å². The van der Waals surface area contributed by atoms with Crippen molar-refractivity contribution < 1.29 is 9.52 Å². The molecule has 3 fully saturated rings. The van der Waals surface area contributed by atoms with Crippen LogP contribution in [0.1, 0.15) is 64.4 Å². The largest absolute Gasteiger partial charge is 0.431 e. The van der Waals surface area contributed by atoms with Gasteiger partial charge in [0.1, 0.15) is 6.26 Å². The molecule has 1 heterocycles. The van der Waals surface area contributed by atoms with Crippen LogP contribution >= 0.6 is 0 Å². The van der Waals surface area contributed by atoms with Crippen molar-refractivity contribution in [3.05, 3.63) is 52.1 Å². The zero-order valence-electron chi connectivity index (χ0n) is 16.4. The van der Waals surface area contributed by atoms with E-state index in [1.54, 1.807) is 11.8 Å². The molecule has 6 atom stereocenters. The topological polar surface area (TPSA) is 50.4 Å². The predicted molar refractivity (Wildman–Crippen MR) is 106 cm³/mol. The Labute approximate surface area is 161 Å². The summed E-state index contributed by atoms with van der Waals surface area (Å²) in [5.74, 6) is 2.08. The molecule has 3 heteroatoms. The molecule has 4 aliphatic carbocycles. The Morgan fingerprint density at radius 2 is 1.93 bits per heavy atom. The third kappa shape index (κ3) is 2.47. The molecule has 0 amide bonds. The molecule has 144 valence electrons. The average molecular weight is 367 g/mol.